The van der Waals surface area contributed by atoms with Gasteiger partial charge in [0.1, 0.15) is 12.4 Å². The number of benzene rings is 1. The Hall–Kier alpha value is -2.62. The number of amides is 2. The molecule has 1 heterocycles. The van der Waals surface area contributed by atoms with Gasteiger partial charge in [-0.1, -0.05) is 0 Å². The maximum Gasteiger partial charge on any atom is 0.317 e. The van der Waals surface area contributed by atoms with Gasteiger partial charge in [0, 0.05) is 19.7 Å². The van der Waals surface area contributed by atoms with Gasteiger partial charge in [0.2, 0.25) is 6.79 Å². The number of hydrogen-bond donors (Lipinski definition) is 1. The summed E-state index contributed by atoms with van der Waals surface area (Å²) >= 11 is 0. The van der Waals surface area contributed by atoms with Crippen molar-refractivity contribution < 1.29 is 19.0 Å². The number of nitrogens with one attached hydrogen (secondary N) is 1. The van der Waals surface area contributed by atoms with E-state index in [1.54, 1.807) is 32.2 Å². The van der Waals surface area contributed by atoms with Crippen LogP contribution < -0.4 is 19.5 Å². The molecule has 1 aromatic carbocycles. The Balaban J connectivity index is 1.69. The first-order valence-corrected chi connectivity index (χ1v) is 7.01. The first kappa shape index (κ1) is 15.8. The molecule has 0 aliphatic carbocycles. The van der Waals surface area contributed by atoms with Gasteiger partial charge in [0.25, 0.3) is 0 Å². The lowest BCUT2D eigenvalue weighted by Gasteiger charge is -2.19. The van der Waals surface area contributed by atoms with E-state index in [1.807, 2.05) is 0 Å². The maximum atomic E-state index is 11.8. The number of rotatable bonds is 6. The Morgan fingerprint density at radius 3 is 3.05 bits per heavy atom. The second kappa shape index (κ2) is 7.41. The lowest BCUT2D eigenvalue weighted by atomic mass is 10.2. The van der Waals surface area contributed by atoms with Crippen LogP contribution in [0, 0.1) is 17.2 Å². The van der Waals surface area contributed by atoms with Crippen molar-refractivity contribution in [2.75, 3.05) is 33.5 Å². The molecule has 1 aliphatic rings. The second-order valence-electron chi connectivity index (χ2n) is 5.01. The molecule has 1 aliphatic heterocycles. The molecule has 1 unspecified atom stereocenters. The Morgan fingerprint density at radius 2 is 2.27 bits per heavy atom. The fourth-order valence-electron chi connectivity index (χ4n) is 1.96. The summed E-state index contributed by atoms with van der Waals surface area (Å²) in [4.78, 5) is 13.3. The fraction of sp³-hybridized carbons (Fsp3) is 0.467. The van der Waals surface area contributed by atoms with Gasteiger partial charge in [-0.05, 0) is 19.1 Å². The Morgan fingerprint density at radius 1 is 1.50 bits per heavy atom. The Bertz CT molecular complexity index is 570. The van der Waals surface area contributed by atoms with Crippen LogP contribution in [0.1, 0.15) is 6.92 Å². The lowest BCUT2D eigenvalue weighted by Crippen LogP contribution is -2.40. The third-order valence-electron chi connectivity index (χ3n) is 3.11. The quantitative estimate of drug-likeness (QED) is 0.807. The first-order valence-electron chi connectivity index (χ1n) is 7.01. The minimum Gasteiger partial charge on any atom is -0.492 e. The van der Waals surface area contributed by atoms with Crippen molar-refractivity contribution in [3.8, 4) is 23.3 Å². The fourth-order valence-corrected chi connectivity index (χ4v) is 1.96. The molecule has 2 rings (SSSR count). The van der Waals surface area contributed by atoms with Gasteiger partial charge < -0.3 is 24.4 Å². The number of carbonyl (C=O) groups is 1. The van der Waals surface area contributed by atoms with Crippen LogP contribution in [-0.2, 0) is 0 Å². The second-order valence-corrected chi connectivity index (χ2v) is 5.01. The van der Waals surface area contributed by atoms with Crippen LogP contribution in [0.4, 0.5) is 4.79 Å². The summed E-state index contributed by atoms with van der Waals surface area (Å²) in [5.74, 6) is 1.83. The summed E-state index contributed by atoms with van der Waals surface area (Å²) in [6.45, 7) is 3.10. The molecule has 7 heteroatoms. The molecule has 0 fully saturated rings. The molecule has 1 aromatic rings. The van der Waals surface area contributed by atoms with Gasteiger partial charge >= 0.3 is 6.03 Å². The van der Waals surface area contributed by atoms with Crippen LogP contribution in [0.2, 0.25) is 0 Å². The van der Waals surface area contributed by atoms with Gasteiger partial charge in [-0.25, -0.2) is 4.79 Å². The predicted molar refractivity (Wildman–Crippen MR) is 78.9 cm³/mol. The topological polar surface area (TPSA) is 83.8 Å². The molecule has 1 atom stereocenters. The van der Waals surface area contributed by atoms with E-state index in [0.29, 0.717) is 36.9 Å². The average Bonchev–Trinajstić information content (AvgIpc) is 2.98. The van der Waals surface area contributed by atoms with Crippen LogP contribution in [0.5, 0.6) is 17.2 Å². The van der Waals surface area contributed by atoms with E-state index in [0.717, 1.165) is 0 Å². The summed E-state index contributed by atoms with van der Waals surface area (Å²) in [6.07, 6.45) is 0. The summed E-state index contributed by atoms with van der Waals surface area (Å²) in [5, 5.41) is 11.5. The number of hydrogen-bond acceptors (Lipinski definition) is 5. The van der Waals surface area contributed by atoms with E-state index in [2.05, 4.69) is 11.4 Å². The predicted octanol–water partition coefficient (Wildman–Crippen LogP) is 1.60. The third-order valence-corrected chi connectivity index (χ3v) is 3.11. The largest absolute Gasteiger partial charge is 0.492 e. The van der Waals surface area contributed by atoms with Crippen LogP contribution >= 0.6 is 0 Å². The van der Waals surface area contributed by atoms with Crippen molar-refractivity contribution >= 4 is 6.03 Å². The SMILES string of the molecule is CC(C#N)CN(C)C(=O)NCCOc1ccc2c(c1)OCO2. The molecule has 1 N–H and O–H groups in total. The smallest absolute Gasteiger partial charge is 0.317 e. The van der Waals surface area contributed by atoms with Crippen molar-refractivity contribution in [3.05, 3.63) is 18.2 Å². The molecule has 118 valence electrons. The van der Waals surface area contributed by atoms with E-state index >= 15 is 0 Å². The molecular weight excluding hydrogens is 286 g/mol. The van der Waals surface area contributed by atoms with Gasteiger partial charge in [-0.15, -0.1) is 0 Å². The molecule has 0 saturated heterocycles. The summed E-state index contributed by atoms with van der Waals surface area (Å²) in [7, 11) is 1.65. The number of ether oxygens (including phenoxy) is 3. The van der Waals surface area contributed by atoms with Crippen molar-refractivity contribution in [3.63, 3.8) is 0 Å². The molecule has 22 heavy (non-hydrogen) atoms. The maximum absolute atomic E-state index is 11.8. The van der Waals surface area contributed by atoms with Crippen molar-refractivity contribution in [2.45, 2.75) is 6.92 Å². The first-order chi connectivity index (χ1) is 10.6. The number of carbonyl (C=O) groups excluding carboxylic acids is 1. The molecule has 7 nitrogen and oxygen atoms in total. The van der Waals surface area contributed by atoms with Crippen molar-refractivity contribution in [2.24, 2.45) is 5.92 Å². The van der Waals surface area contributed by atoms with E-state index in [9.17, 15) is 4.79 Å². The number of urea groups is 1. The van der Waals surface area contributed by atoms with Gasteiger partial charge in [0.05, 0.1) is 18.5 Å². The zero-order valence-electron chi connectivity index (χ0n) is 12.7. The number of fused-ring (bicyclic) bond motifs is 1. The van der Waals surface area contributed by atoms with Gasteiger partial charge in [-0.2, -0.15) is 5.26 Å². The van der Waals surface area contributed by atoms with Crippen molar-refractivity contribution in [1.82, 2.24) is 10.2 Å². The van der Waals surface area contributed by atoms with Crippen LogP contribution in [0.15, 0.2) is 18.2 Å². The van der Waals surface area contributed by atoms with E-state index in [1.165, 1.54) is 4.90 Å². The van der Waals surface area contributed by atoms with Crippen LogP contribution in [0.25, 0.3) is 0 Å². The van der Waals surface area contributed by atoms with Crippen LogP contribution in [0.3, 0.4) is 0 Å². The zero-order chi connectivity index (χ0) is 15.9. The molecule has 0 saturated carbocycles. The normalized spacial score (nSPS) is 13.1. The van der Waals surface area contributed by atoms with E-state index in [4.69, 9.17) is 19.5 Å². The van der Waals surface area contributed by atoms with Crippen LogP contribution in [-0.4, -0.2) is 44.5 Å². The third kappa shape index (κ3) is 4.19. The zero-order valence-corrected chi connectivity index (χ0v) is 12.7. The standard InChI is InChI=1S/C15H19N3O4/c1-11(8-16)9-18(2)15(19)17-5-6-20-12-3-4-13-14(7-12)22-10-21-13/h3-4,7,11H,5-6,9-10H2,1-2H3,(H,17,19). The molecular formula is C15H19N3O4. The highest BCUT2D eigenvalue weighted by Crippen LogP contribution is 2.34. The average molecular weight is 305 g/mol. The minimum absolute atomic E-state index is 0.194. The molecule has 0 spiro atoms. The molecule has 0 radical (unpaired) electrons. The molecule has 0 bridgehead atoms. The number of nitrogens with zero attached hydrogens (tertiary/aromatic N) is 2. The highest BCUT2D eigenvalue weighted by molar-refractivity contribution is 5.73. The Labute approximate surface area is 129 Å². The van der Waals surface area contributed by atoms with E-state index in [-0.39, 0.29) is 18.7 Å². The highest BCUT2D eigenvalue weighted by Gasteiger charge is 2.14. The summed E-state index contributed by atoms with van der Waals surface area (Å²) in [5.41, 5.74) is 0. The van der Waals surface area contributed by atoms with Gasteiger partial charge in [-0.3, -0.25) is 0 Å². The number of nitriles is 1. The monoisotopic (exact) mass is 305 g/mol. The summed E-state index contributed by atoms with van der Waals surface area (Å²) < 4.78 is 16.0. The highest BCUT2D eigenvalue weighted by atomic mass is 16.7. The summed E-state index contributed by atoms with van der Waals surface area (Å²) in [6, 6.07) is 7.19. The lowest BCUT2D eigenvalue weighted by molar-refractivity contribution is 0.173. The molecule has 2 amide bonds. The minimum atomic E-state index is -0.226. The van der Waals surface area contributed by atoms with Crippen molar-refractivity contribution in [1.29, 1.82) is 5.26 Å². The van der Waals surface area contributed by atoms with Gasteiger partial charge in [0.15, 0.2) is 11.5 Å². The Kier molecular flexibility index (Phi) is 5.31. The molecule has 0 aromatic heterocycles. The van der Waals surface area contributed by atoms with E-state index < -0.39 is 0 Å².